The smallest absolute Gasteiger partial charge is 0.242 e. The summed E-state index contributed by atoms with van der Waals surface area (Å²) >= 11 is 6.03. The van der Waals surface area contributed by atoms with E-state index in [0.29, 0.717) is 12.1 Å². The summed E-state index contributed by atoms with van der Waals surface area (Å²) in [5, 5.41) is 0.273. The second-order valence-electron chi connectivity index (χ2n) is 5.37. The number of piperidine rings is 1. The lowest BCUT2D eigenvalue weighted by atomic mass is 10.0. The number of rotatable bonds is 4. The number of nitrogens with one attached hydrogen (secondary N) is 1. The Labute approximate surface area is 126 Å². The molecule has 20 heavy (non-hydrogen) atoms. The molecule has 0 spiro atoms. The maximum atomic E-state index is 12.4. The molecule has 112 valence electrons. The zero-order valence-electron chi connectivity index (χ0n) is 11.9. The lowest BCUT2D eigenvalue weighted by Gasteiger charge is -2.32. The molecule has 1 aliphatic heterocycles. The highest BCUT2D eigenvalue weighted by Crippen LogP contribution is 2.24. The molecule has 0 amide bonds. The molecule has 1 unspecified atom stereocenters. The van der Waals surface area contributed by atoms with E-state index >= 15 is 0 Å². The van der Waals surface area contributed by atoms with Crippen LogP contribution in [0.3, 0.4) is 0 Å². The first kappa shape index (κ1) is 15.8. The van der Waals surface area contributed by atoms with Crippen molar-refractivity contribution in [2.75, 3.05) is 20.1 Å². The van der Waals surface area contributed by atoms with E-state index in [1.165, 1.54) is 6.42 Å². The van der Waals surface area contributed by atoms with Crippen molar-refractivity contribution in [2.45, 2.75) is 37.1 Å². The van der Waals surface area contributed by atoms with Crippen LogP contribution in [0.1, 0.15) is 24.8 Å². The summed E-state index contributed by atoms with van der Waals surface area (Å²) in [4.78, 5) is 2.41. The summed E-state index contributed by atoms with van der Waals surface area (Å²) in [6.45, 7) is 3.22. The van der Waals surface area contributed by atoms with E-state index in [1.54, 1.807) is 25.1 Å². The molecule has 0 bridgehead atoms. The molecule has 1 fully saturated rings. The highest BCUT2D eigenvalue weighted by molar-refractivity contribution is 7.89. The lowest BCUT2D eigenvalue weighted by molar-refractivity contribution is 0.187. The van der Waals surface area contributed by atoms with Crippen LogP contribution in [0.15, 0.2) is 23.1 Å². The van der Waals surface area contributed by atoms with Crippen LogP contribution < -0.4 is 4.72 Å². The van der Waals surface area contributed by atoms with Crippen LogP contribution in [-0.2, 0) is 10.0 Å². The maximum absolute atomic E-state index is 12.4. The molecule has 1 aromatic rings. The van der Waals surface area contributed by atoms with Gasteiger partial charge in [0.1, 0.15) is 4.90 Å². The van der Waals surface area contributed by atoms with Crippen molar-refractivity contribution in [2.24, 2.45) is 0 Å². The molecular weight excluding hydrogens is 296 g/mol. The molecule has 4 nitrogen and oxygen atoms in total. The van der Waals surface area contributed by atoms with Crippen LogP contribution in [-0.4, -0.2) is 39.5 Å². The van der Waals surface area contributed by atoms with Gasteiger partial charge in [-0.15, -0.1) is 0 Å². The van der Waals surface area contributed by atoms with Crippen LogP contribution in [0.5, 0.6) is 0 Å². The molecule has 0 radical (unpaired) electrons. The molecule has 0 saturated carbocycles. The number of aryl methyl sites for hydroxylation is 1. The minimum Gasteiger partial charge on any atom is -0.302 e. The molecule has 1 atom stereocenters. The van der Waals surface area contributed by atoms with Crippen LogP contribution in [0.2, 0.25) is 5.02 Å². The number of likely N-dealkylation sites (tertiary alicyclic amines) is 1. The van der Waals surface area contributed by atoms with Crippen molar-refractivity contribution < 1.29 is 8.42 Å². The Morgan fingerprint density at radius 2 is 2.15 bits per heavy atom. The van der Waals surface area contributed by atoms with E-state index in [4.69, 9.17) is 11.6 Å². The fourth-order valence-corrected chi connectivity index (χ4v) is 4.54. The molecule has 1 aromatic carbocycles. The fraction of sp³-hybridized carbons (Fsp3) is 0.571. The Morgan fingerprint density at radius 3 is 2.80 bits per heavy atom. The molecule has 0 aliphatic carbocycles. The standard InChI is InChI=1S/C14H21ClN2O2S/c1-11-6-5-8-13(15)14(11)20(18,19)16-10-12-7-3-4-9-17(12)2/h5-6,8,12,16H,3-4,7,9-10H2,1-2H3. The molecule has 1 N–H and O–H groups in total. The number of halogens is 1. The Kier molecular flexibility index (Phi) is 5.07. The Hall–Kier alpha value is -0.620. The topological polar surface area (TPSA) is 49.4 Å². The maximum Gasteiger partial charge on any atom is 0.242 e. The second kappa shape index (κ2) is 6.43. The second-order valence-corrected chi connectivity index (χ2v) is 7.48. The fourth-order valence-electron chi connectivity index (χ4n) is 2.64. The quantitative estimate of drug-likeness (QED) is 0.928. The van der Waals surface area contributed by atoms with E-state index in [1.807, 2.05) is 7.05 Å². The van der Waals surface area contributed by atoms with Crippen LogP contribution in [0, 0.1) is 6.92 Å². The first-order valence-corrected chi connectivity index (χ1v) is 8.73. The SMILES string of the molecule is Cc1cccc(Cl)c1S(=O)(=O)NCC1CCCCN1C. The Balaban J connectivity index is 2.11. The largest absolute Gasteiger partial charge is 0.302 e. The van der Waals surface area contributed by atoms with Gasteiger partial charge in [0.2, 0.25) is 10.0 Å². The third-order valence-electron chi connectivity index (χ3n) is 3.86. The summed E-state index contributed by atoms with van der Waals surface area (Å²) in [5.41, 5.74) is 0.669. The number of hydrogen-bond donors (Lipinski definition) is 1. The van der Waals surface area contributed by atoms with Crippen molar-refractivity contribution in [3.8, 4) is 0 Å². The predicted octanol–water partition coefficient (Wildman–Crippen LogP) is 2.41. The molecule has 0 aromatic heterocycles. The summed E-state index contributed by atoms with van der Waals surface area (Å²) in [6, 6.07) is 5.38. The predicted molar refractivity (Wildman–Crippen MR) is 81.6 cm³/mol. The molecule has 2 rings (SSSR count). The van der Waals surface area contributed by atoms with E-state index in [0.717, 1.165) is 19.4 Å². The number of sulfonamides is 1. The Morgan fingerprint density at radius 1 is 1.40 bits per heavy atom. The van der Waals surface area contributed by atoms with Crippen molar-refractivity contribution in [3.05, 3.63) is 28.8 Å². The molecular formula is C14H21ClN2O2S. The van der Waals surface area contributed by atoms with Crippen LogP contribution in [0.25, 0.3) is 0 Å². The van der Waals surface area contributed by atoms with Crippen molar-refractivity contribution >= 4 is 21.6 Å². The average Bonchev–Trinajstić information content (AvgIpc) is 2.37. The number of hydrogen-bond acceptors (Lipinski definition) is 3. The van der Waals surface area contributed by atoms with Gasteiger partial charge >= 0.3 is 0 Å². The number of nitrogens with zero attached hydrogens (tertiary/aromatic N) is 1. The van der Waals surface area contributed by atoms with Crippen LogP contribution in [0.4, 0.5) is 0 Å². The van der Waals surface area contributed by atoms with Gasteiger partial charge in [0.05, 0.1) is 5.02 Å². The summed E-state index contributed by atoms with van der Waals surface area (Å²) < 4.78 is 27.5. The lowest BCUT2D eigenvalue weighted by Crippen LogP contribution is -2.44. The van der Waals surface area contributed by atoms with Gasteiger partial charge in [-0.25, -0.2) is 13.1 Å². The van der Waals surface area contributed by atoms with E-state index < -0.39 is 10.0 Å². The normalized spacial score (nSPS) is 21.1. The zero-order chi connectivity index (χ0) is 14.8. The third-order valence-corrected chi connectivity index (χ3v) is 5.92. The van der Waals surface area contributed by atoms with Gasteiger partial charge in [0.15, 0.2) is 0 Å². The van der Waals surface area contributed by atoms with Crippen LogP contribution >= 0.6 is 11.6 Å². The van der Waals surface area contributed by atoms with Gasteiger partial charge in [0, 0.05) is 12.6 Å². The van der Waals surface area contributed by atoms with Gasteiger partial charge in [0.25, 0.3) is 0 Å². The van der Waals surface area contributed by atoms with Gasteiger partial charge in [-0.2, -0.15) is 0 Å². The summed E-state index contributed by atoms with van der Waals surface area (Å²) in [6.07, 6.45) is 3.37. The van der Waals surface area contributed by atoms with Crippen molar-refractivity contribution in [1.82, 2.24) is 9.62 Å². The van der Waals surface area contributed by atoms with E-state index in [-0.39, 0.29) is 16.0 Å². The van der Waals surface area contributed by atoms with Gasteiger partial charge in [-0.1, -0.05) is 30.2 Å². The molecule has 1 heterocycles. The first-order chi connectivity index (χ1) is 9.42. The average molecular weight is 317 g/mol. The molecule has 1 saturated heterocycles. The van der Waals surface area contributed by atoms with Gasteiger partial charge in [-0.05, 0) is 45.0 Å². The van der Waals surface area contributed by atoms with E-state index in [9.17, 15) is 8.42 Å². The summed E-state index contributed by atoms with van der Waals surface area (Å²) in [5.74, 6) is 0. The monoisotopic (exact) mass is 316 g/mol. The van der Waals surface area contributed by atoms with E-state index in [2.05, 4.69) is 9.62 Å². The Bertz CT molecular complexity index is 554. The third kappa shape index (κ3) is 3.52. The van der Waals surface area contributed by atoms with Crippen molar-refractivity contribution in [3.63, 3.8) is 0 Å². The first-order valence-electron chi connectivity index (χ1n) is 6.87. The van der Waals surface area contributed by atoms with Gasteiger partial charge in [-0.3, -0.25) is 0 Å². The summed E-state index contributed by atoms with van der Waals surface area (Å²) in [7, 11) is -1.51. The molecule has 1 aliphatic rings. The molecule has 6 heteroatoms. The highest BCUT2D eigenvalue weighted by atomic mass is 35.5. The number of benzene rings is 1. The zero-order valence-corrected chi connectivity index (χ0v) is 13.5. The minimum atomic E-state index is -3.55. The minimum absolute atomic E-state index is 0.195. The van der Waals surface area contributed by atoms with Gasteiger partial charge < -0.3 is 4.90 Å². The van der Waals surface area contributed by atoms with Crippen molar-refractivity contribution in [1.29, 1.82) is 0 Å². The number of likely N-dealkylation sites (N-methyl/N-ethyl adjacent to an activating group) is 1. The highest BCUT2D eigenvalue weighted by Gasteiger charge is 2.24.